The van der Waals surface area contributed by atoms with Crippen LogP contribution >= 0.6 is 0 Å². The number of H-pyrrole nitrogens is 1. The highest BCUT2D eigenvalue weighted by Gasteiger charge is 2.46. The summed E-state index contributed by atoms with van der Waals surface area (Å²) >= 11 is 0. The van der Waals surface area contributed by atoms with Crippen molar-refractivity contribution in [2.45, 2.75) is 24.9 Å². The van der Waals surface area contributed by atoms with E-state index >= 15 is 0 Å². The van der Waals surface area contributed by atoms with E-state index in [1.54, 1.807) is 24.3 Å². The second kappa shape index (κ2) is 7.69. The van der Waals surface area contributed by atoms with Crippen LogP contribution in [-0.4, -0.2) is 41.3 Å². The molecule has 1 atom stereocenters. The van der Waals surface area contributed by atoms with Crippen molar-refractivity contribution in [3.8, 4) is 0 Å². The van der Waals surface area contributed by atoms with Crippen LogP contribution in [0.15, 0.2) is 47.4 Å². The van der Waals surface area contributed by atoms with Crippen molar-refractivity contribution in [2.24, 2.45) is 0 Å². The number of likely N-dealkylation sites (tertiary alicyclic amines) is 1. The normalized spacial score (nSPS) is 18.7. The Kier molecular flexibility index (Phi) is 5.34. The molecule has 0 saturated carbocycles. The predicted molar refractivity (Wildman–Crippen MR) is 93.0 cm³/mol. The van der Waals surface area contributed by atoms with Gasteiger partial charge in [0.05, 0.1) is 11.5 Å². The Labute approximate surface area is 153 Å². The van der Waals surface area contributed by atoms with Crippen LogP contribution in [0.3, 0.4) is 0 Å². The lowest BCUT2D eigenvalue weighted by Gasteiger charge is -2.38. The van der Waals surface area contributed by atoms with Crippen LogP contribution in [0.1, 0.15) is 33.8 Å². The van der Waals surface area contributed by atoms with Crippen LogP contribution < -0.4 is 5.56 Å². The first-order chi connectivity index (χ1) is 12.9. The Morgan fingerprint density at radius 3 is 2.78 bits per heavy atom. The third-order valence-corrected chi connectivity index (χ3v) is 4.57. The van der Waals surface area contributed by atoms with Gasteiger partial charge in [-0.15, -0.1) is 0 Å². The highest BCUT2D eigenvalue weighted by atomic mass is 19.3. The summed E-state index contributed by atoms with van der Waals surface area (Å²) in [6.45, 7) is -0.364. The maximum absolute atomic E-state index is 14.4. The molecule has 0 spiro atoms. The number of benzene rings is 1. The number of amides is 1. The van der Waals surface area contributed by atoms with E-state index in [1.165, 1.54) is 4.90 Å². The third kappa shape index (κ3) is 4.21. The van der Waals surface area contributed by atoms with E-state index in [1.807, 2.05) is 6.07 Å². The molecule has 6 nitrogen and oxygen atoms in total. The monoisotopic (exact) mass is 376 g/mol. The minimum atomic E-state index is -3.07. The zero-order chi connectivity index (χ0) is 19.4. The molecule has 1 aliphatic rings. The standard InChI is InChI=1S/C19H18F2N2O4/c20-19(21)6-7-23(18(26)27-12-13-4-2-1-3-5-13)10-16(19)14-8-15(11-24)17(25)22-9-14/h1-5,8-9,11,16H,6-7,10,12H2,(H,22,25). The first kappa shape index (κ1) is 18.8. The Hall–Kier alpha value is -3.03. The van der Waals surface area contributed by atoms with E-state index in [0.29, 0.717) is 6.29 Å². The molecule has 0 aliphatic carbocycles. The van der Waals surface area contributed by atoms with E-state index in [9.17, 15) is 23.2 Å². The van der Waals surface area contributed by atoms with Crippen LogP contribution in [-0.2, 0) is 11.3 Å². The van der Waals surface area contributed by atoms with Gasteiger partial charge in [0, 0.05) is 25.7 Å². The van der Waals surface area contributed by atoms with Gasteiger partial charge in [-0.25, -0.2) is 13.6 Å². The van der Waals surface area contributed by atoms with Crippen molar-refractivity contribution in [2.75, 3.05) is 13.1 Å². The molecule has 1 unspecified atom stereocenters. The molecule has 0 bridgehead atoms. The van der Waals surface area contributed by atoms with E-state index in [-0.39, 0.29) is 30.8 Å². The Bertz CT molecular complexity index is 883. The summed E-state index contributed by atoms with van der Waals surface area (Å²) in [6.07, 6.45) is 0.259. The average Bonchev–Trinajstić information content (AvgIpc) is 2.67. The Morgan fingerprint density at radius 1 is 1.33 bits per heavy atom. The number of rotatable bonds is 4. The summed E-state index contributed by atoms with van der Waals surface area (Å²) in [5.41, 5.74) is 0.0161. The lowest BCUT2D eigenvalue weighted by molar-refractivity contribution is -0.0729. The molecule has 2 aromatic rings. The summed E-state index contributed by atoms with van der Waals surface area (Å²) in [6, 6.07) is 10.2. The summed E-state index contributed by atoms with van der Waals surface area (Å²) in [7, 11) is 0. The molecule has 3 rings (SSSR count). The minimum absolute atomic E-state index is 0.0468. The number of hydrogen-bond acceptors (Lipinski definition) is 4. The third-order valence-electron chi connectivity index (χ3n) is 4.57. The number of ether oxygens (including phenoxy) is 1. The Balaban J connectivity index is 1.74. The van der Waals surface area contributed by atoms with Crippen molar-refractivity contribution < 1.29 is 23.1 Å². The van der Waals surface area contributed by atoms with Gasteiger partial charge in [0.25, 0.3) is 11.5 Å². The molecule has 1 saturated heterocycles. The van der Waals surface area contributed by atoms with Crippen molar-refractivity contribution >= 4 is 12.4 Å². The van der Waals surface area contributed by atoms with Crippen LogP contribution in [0, 0.1) is 0 Å². The number of aldehydes is 1. The number of piperidine rings is 1. The molecule has 27 heavy (non-hydrogen) atoms. The molecule has 0 radical (unpaired) electrons. The van der Waals surface area contributed by atoms with Crippen LogP contribution in [0.2, 0.25) is 0 Å². The van der Waals surface area contributed by atoms with Crippen molar-refractivity contribution in [1.82, 2.24) is 9.88 Å². The number of aromatic amines is 1. The number of pyridine rings is 1. The number of hydrogen-bond donors (Lipinski definition) is 1. The maximum atomic E-state index is 14.4. The van der Waals surface area contributed by atoms with Crippen LogP contribution in [0.5, 0.6) is 0 Å². The van der Waals surface area contributed by atoms with Crippen LogP contribution in [0.4, 0.5) is 13.6 Å². The van der Waals surface area contributed by atoms with Gasteiger partial charge < -0.3 is 14.6 Å². The number of carbonyl (C=O) groups is 2. The second-order valence-corrected chi connectivity index (χ2v) is 6.39. The van der Waals surface area contributed by atoms with Gasteiger partial charge in [-0.2, -0.15) is 0 Å². The van der Waals surface area contributed by atoms with Gasteiger partial charge in [0.2, 0.25) is 0 Å². The minimum Gasteiger partial charge on any atom is -0.445 e. The van der Waals surface area contributed by atoms with Gasteiger partial charge in [0.15, 0.2) is 6.29 Å². The largest absolute Gasteiger partial charge is 0.445 e. The summed E-state index contributed by atoms with van der Waals surface area (Å²) < 4.78 is 34.1. The first-order valence-electron chi connectivity index (χ1n) is 8.42. The molecular weight excluding hydrogens is 358 g/mol. The fourth-order valence-corrected chi connectivity index (χ4v) is 3.04. The summed E-state index contributed by atoms with van der Waals surface area (Å²) in [5.74, 6) is -4.42. The molecule has 1 aromatic heterocycles. The summed E-state index contributed by atoms with van der Waals surface area (Å²) in [4.78, 5) is 38.2. The van der Waals surface area contributed by atoms with Gasteiger partial charge in [0.1, 0.15) is 6.61 Å². The fourth-order valence-electron chi connectivity index (χ4n) is 3.04. The van der Waals surface area contributed by atoms with E-state index in [4.69, 9.17) is 4.74 Å². The quantitative estimate of drug-likeness (QED) is 0.832. The molecule has 1 N–H and O–H groups in total. The zero-order valence-corrected chi connectivity index (χ0v) is 14.4. The van der Waals surface area contributed by atoms with E-state index in [2.05, 4.69) is 4.98 Å². The number of aromatic nitrogens is 1. The first-order valence-corrected chi connectivity index (χ1v) is 8.42. The predicted octanol–water partition coefficient (Wildman–Crippen LogP) is 2.95. The van der Waals surface area contributed by atoms with Gasteiger partial charge in [-0.05, 0) is 17.2 Å². The molecular formula is C19H18F2N2O4. The Morgan fingerprint density at radius 2 is 2.07 bits per heavy atom. The molecule has 1 aromatic carbocycles. The summed E-state index contributed by atoms with van der Waals surface area (Å²) in [5, 5.41) is 0. The van der Waals surface area contributed by atoms with Crippen molar-refractivity contribution in [1.29, 1.82) is 0 Å². The number of nitrogens with zero attached hydrogens (tertiary/aromatic N) is 1. The highest BCUT2D eigenvalue weighted by Crippen LogP contribution is 2.40. The van der Waals surface area contributed by atoms with Crippen molar-refractivity contribution in [3.05, 3.63) is 69.6 Å². The van der Waals surface area contributed by atoms with E-state index < -0.39 is 29.9 Å². The molecule has 1 fully saturated rings. The van der Waals surface area contributed by atoms with Crippen LogP contribution in [0.25, 0.3) is 0 Å². The number of alkyl halides is 2. The van der Waals surface area contributed by atoms with Gasteiger partial charge in [-0.1, -0.05) is 30.3 Å². The van der Waals surface area contributed by atoms with E-state index in [0.717, 1.165) is 17.8 Å². The molecule has 1 amide bonds. The molecule has 1 aliphatic heterocycles. The van der Waals surface area contributed by atoms with Gasteiger partial charge >= 0.3 is 6.09 Å². The lowest BCUT2D eigenvalue weighted by Crippen LogP contribution is -2.48. The molecule has 2 heterocycles. The van der Waals surface area contributed by atoms with Crippen molar-refractivity contribution in [3.63, 3.8) is 0 Å². The SMILES string of the molecule is O=Cc1cc(C2CN(C(=O)OCc3ccccc3)CCC2(F)F)c[nH]c1=O. The maximum Gasteiger partial charge on any atom is 0.410 e. The lowest BCUT2D eigenvalue weighted by atomic mass is 9.87. The topological polar surface area (TPSA) is 79.5 Å². The molecule has 142 valence electrons. The second-order valence-electron chi connectivity index (χ2n) is 6.39. The highest BCUT2D eigenvalue weighted by molar-refractivity contribution is 5.74. The zero-order valence-electron chi connectivity index (χ0n) is 14.4. The number of halogens is 2. The average molecular weight is 376 g/mol. The number of nitrogens with one attached hydrogen (secondary N) is 1. The smallest absolute Gasteiger partial charge is 0.410 e. The molecule has 8 heteroatoms. The fraction of sp³-hybridized carbons (Fsp3) is 0.316. The number of carbonyl (C=O) groups excluding carboxylic acids is 2. The van der Waals surface area contributed by atoms with Gasteiger partial charge in [-0.3, -0.25) is 9.59 Å².